The van der Waals surface area contributed by atoms with E-state index in [0.717, 1.165) is 19.3 Å². The van der Waals surface area contributed by atoms with Gasteiger partial charge in [-0.25, -0.2) is 0 Å². The summed E-state index contributed by atoms with van der Waals surface area (Å²) >= 11 is 0. The monoisotopic (exact) mass is 125 g/mol. The van der Waals surface area contributed by atoms with Crippen LogP contribution in [0.3, 0.4) is 0 Å². The van der Waals surface area contributed by atoms with E-state index in [1.807, 2.05) is 0 Å². The SMILES string of the molecule is N#CC[C@H]1CCC[C@H]1O. The van der Waals surface area contributed by atoms with Crippen molar-refractivity contribution < 1.29 is 5.11 Å². The molecule has 2 nitrogen and oxygen atoms in total. The van der Waals surface area contributed by atoms with Crippen LogP contribution >= 0.6 is 0 Å². The van der Waals surface area contributed by atoms with E-state index in [4.69, 9.17) is 10.4 Å². The summed E-state index contributed by atoms with van der Waals surface area (Å²) in [4.78, 5) is 0. The van der Waals surface area contributed by atoms with Gasteiger partial charge in [-0.2, -0.15) is 5.26 Å². The molecule has 1 saturated carbocycles. The van der Waals surface area contributed by atoms with Crippen molar-refractivity contribution in [1.29, 1.82) is 5.26 Å². The minimum atomic E-state index is -0.190. The molecule has 1 aliphatic carbocycles. The highest BCUT2D eigenvalue weighted by atomic mass is 16.3. The fourth-order valence-electron chi connectivity index (χ4n) is 1.37. The van der Waals surface area contributed by atoms with Gasteiger partial charge in [0, 0.05) is 6.42 Å². The predicted molar refractivity (Wildman–Crippen MR) is 33.6 cm³/mol. The molecule has 50 valence electrons. The smallest absolute Gasteiger partial charge is 0.0625 e. The van der Waals surface area contributed by atoms with Crippen LogP contribution in [0, 0.1) is 17.2 Å². The molecule has 0 unspecified atom stereocenters. The van der Waals surface area contributed by atoms with Crippen molar-refractivity contribution in [2.75, 3.05) is 0 Å². The lowest BCUT2D eigenvalue weighted by atomic mass is 10.0. The zero-order valence-electron chi connectivity index (χ0n) is 5.38. The third-order valence-electron chi connectivity index (χ3n) is 1.97. The molecule has 0 amide bonds. The van der Waals surface area contributed by atoms with E-state index in [9.17, 15) is 0 Å². The lowest BCUT2D eigenvalue weighted by Gasteiger charge is -2.07. The summed E-state index contributed by atoms with van der Waals surface area (Å²) < 4.78 is 0. The lowest BCUT2D eigenvalue weighted by Crippen LogP contribution is -2.11. The normalized spacial score (nSPS) is 34.2. The topological polar surface area (TPSA) is 44.0 Å². The van der Waals surface area contributed by atoms with Gasteiger partial charge in [-0.15, -0.1) is 0 Å². The maximum absolute atomic E-state index is 9.17. The van der Waals surface area contributed by atoms with Crippen LogP contribution in [0.25, 0.3) is 0 Å². The Morgan fingerprint density at radius 1 is 1.56 bits per heavy atom. The maximum Gasteiger partial charge on any atom is 0.0625 e. The van der Waals surface area contributed by atoms with Gasteiger partial charge in [0.25, 0.3) is 0 Å². The second kappa shape index (κ2) is 2.84. The molecule has 0 heterocycles. The van der Waals surface area contributed by atoms with Gasteiger partial charge in [-0.05, 0) is 18.8 Å². The van der Waals surface area contributed by atoms with E-state index < -0.39 is 0 Å². The molecular weight excluding hydrogens is 114 g/mol. The molecule has 1 rings (SSSR count). The molecule has 2 heteroatoms. The number of nitriles is 1. The first-order chi connectivity index (χ1) is 4.34. The largest absolute Gasteiger partial charge is 0.393 e. The third kappa shape index (κ3) is 1.43. The fraction of sp³-hybridized carbons (Fsp3) is 0.857. The molecule has 0 radical (unpaired) electrons. The minimum Gasteiger partial charge on any atom is -0.393 e. The summed E-state index contributed by atoms with van der Waals surface area (Å²) in [5, 5.41) is 17.5. The molecule has 0 aromatic carbocycles. The number of hydrogen-bond acceptors (Lipinski definition) is 2. The predicted octanol–water partition coefficient (Wildman–Crippen LogP) is 1.06. The summed E-state index contributed by atoms with van der Waals surface area (Å²) in [6.45, 7) is 0. The lowest BCUT2D eigenvalue weighted by molar-refractivity contribution is 0.135. The molecule has 9 heavy (non-hydrogen) atoms. The second-order valence-corrected chi connectivity index (χ2v) is 2.62. The molecule has 1 N–H and O–H groups in total. The van der Waals surface area contributed by atoms with Crippen molar-refractivity contribution in [3.8, 4) is 6.07 Å². The summed E-state index contributed by atoms with van der Waals surface area (Å²) in [6.07, 6.45) is 3.36. The number of nitrogens with zero attached hydrogens (tertiary/aromatic N) is 1. The Balaban J connectivity index is 2.33. The van der Waals surface area contributed by atoms with Crippen molar-refractivity contribution in [3.63, 3.8) is 0 Å². The Kier molecular flexibility index (Phi) is 2.07. The molecule has 0 aromatic rings. The van der Waals surface area contributed by atoms with Crippen LogP contribution in [0.2, 0.25) is 0 Å². The van der Waals surface area contributed by atoms with E-state index in [1.165, 1.54) is 0 Å². The first-order valence-corrected chi connectivity index (χ1v) is 3.39. The van der Waals surface area contributed by atoms with Crippen LogP contribution in [-0.2, 0) is 0 Å². The van der Waals surface area contributed by atoms with E-state index in [-0.39, 0.29) is 12.0 Å². The summed E-state index contributed by atoms with van der Waals surface area (Å²) in [5.41, 5.74) is 0. The van der Waals surface area contributed by atoms with Crippen LogP contribution in [0.1, 0.15) is 25.7 Å². The molecule has 0 spiro atoms. The van der Waals surface area contributed by atoms with Gasteiger partial charge >= 0.3 is 0 Å². The molecule has 0 bridgehead atoms. The van der Waals surface area contributed by atoms with Crippen molar-refractivity contribution in [2.45, 2.75) is 31.8 Å². The van der Waals surface area contributed by atoms with Gasteiger partial charge < -0.3 is 5.11 Å². The molecule has 2 atom stereocenters. The Morgan fingerprint density at radius 3 is 2.78 bits per heavy atom. The van der Waals surface area contributed by atoms with Crippen molar-refractivity contribution in [3.05, 3.63) is 0 Å². The van der Waals surface area contributed by atoms with E-state index in [0.29, 0.717) is 6.42 Å². The van der Waals surface area contributed by atoms with Gasteiger partial charge in [0.05, 0.1) is 12.2 Å². The first kappa shape index (κ1) is 6.57. The van der Waals surface area contributed by atoms with Gasteiger partial charge in [0.15, 0.2) is 0 Å². The number of rotatable bonds is 1. The van der Waals surface area contributed by atoms with Gasteiger partial charge in [-0.3, -0.25) is 0 Å². The Hall–Kier alpha value is -0.550. The molecular formula is C7H11NO. The van der Waals surface area contributed by atoms with E-state index in [2.05, 4.69) is 6.07 Å². The molecule has 0 aliphatic heterocycles. The van der Waals surface area contributed by atoms with Crippen LogP contribution in [-0.4, -0.2) is 11.2 Å². The van der Waals surface area contributed by atoms with Crippen molar-refractivity contribution in [1.82, 2.24) is 0 Å². The molecule has 1 fully saturated rings. The third-order valence-corrected chi connectivity index (χ3v) is 1.97. The van der Waals surface area contributed by atoms with Gasteiger partial charge in [0.2, 0.25) is 0 Å². The summed E-state index contributed by atoms with van der Waals surface area (Å²) in [6, 6.07) is 2.08. The van der Waals surface area contributed by atoms with Crippen LogP contribution < -0.4 is 0 Å². The van der Waals surface area contributed by atoms with Gasteiger partial charge in [0.1, 0.15) is 0 Å². The maximum atomic E-state index is 9.17. The fourth-order valence-corrected chi connectivity index (χ4v) is 1.37. The Bertz CT molecular complexity index is 127. The minimum absolute atomic E-state index is 0.190. The first-order valence-electron chi connectivity index (χ1n) is 3.39. The quantitative estimate of drug-likeness (QED) is 0.569. The summed E-state index contributed by atoms with van der Waals surface area (Å²) in [7, 11) is 0. The molecule has 0 aromatic heterocycles. The van der Waals surface area contributed by atoms with Crippen LogP contribution in [0.5, 0.6) is 0 Å². The number of hydrogen-bond donors (Lipinski definition) is 1. The molecule has 1 aliphatic rings. The Morgan fingerprint density at radius 2 is 2.33 bits per heavy atom. The number of aliphatic hydroxyl groups is 1. The average Bonchev–Trinajstić information content (AvgIpc) is 2.18. The van der Waals surface area contributed by atoms with Crippen molar-refractivity contribution >= 4 is 0 Å². The second-order valence-electron chi connectivity index (χ2n) is 2.62. The molecule has 0 saturated heterocycles. The van der Waals surface area contributed by atoms with E-state index in [1.54, 1.807) is 0 Å². The number of aliphatic hydroxyl groups excluding tert-OH is 1. The van der Waals surface area contributed by atoms with Crippen LogP contribution in [0.15, 0.2) is 0 Å². The standard InChI is InChI=1S/C7H11NO/c8-5-4-6-2-1-3-7(6)9/h6-7,9H,1-4H2/t6-,7-/m1/s1. The average molecular weight is 125 g/mol. The Labute approximate surface area is 55.1 Å². The highest BCUT2D eigenvalue weighted by Gasteiger charge is 2.24. The van der Waals surface area contributed by atoms with Crippen molar-refractivity contribution in [2.24, 2.45) is 5.92 Å². The summed E-state index contributed by atoms with van der Waals surface area (Å²) in [5.74, 6) is 0.273. The van der Waals surface area contributed by atoms with Gasteiger partial charge in [-0.1, -0.05) is 6.42 Å². The highest BCUT2D eigenvalue weighted by Crippen LogP contribution is 2.27. The zero-order chi connectivity index (χ0) is 6.69. The van der Waals surface area contributed by atoms with E-state index >= 15 is 0 Å². The highest BCUT2D eigenvalue weighted by molar-refractivity contribution is 4.84. The zero-order valence-corrected chi connectivity index (χ0v) is 5.38. The van der Waals surface area contributed by atoms with Crippen LogP contribution in [0.4, 0.5) is 0 Å².